The molecule has 1 atom stereocenters. The first-order chi connectivity index (χ1) is 11.0. The Bertz CT molecular complexity index is 851. The van der Waals surface area contributed by atoms with E-state index in [-0.39, 0.29) is 17.6 Å². The van der Waals surface area contributed by atoms with Crippen molar-refractivity contribution in [1.82, 2.24) is 4.98 Å². The fraction of sp³-hybridized carbons (Fsp3) is 0.500. The number of thiazole rings is 1. The fourth-order valence-electron chi connectivity index (χ4n) is 2.03. The summed E-state index contributed by atoms with van der Waals surface area (Å²) in [5.41, 5.74) is 7.26. The van der Waals surface area contributed by atoms with Crippen molar-refractivity contribution in [2.45, 2.75) is 38.6 Å². The molecule has 0 spiro atoms. The first kappa shape index (κ1) is 18.8. The summed E-state index contributed by atoms with van der Waals surface area (Å²) in [7, 11) is -3.13. The number of fused-ring (bicyclic) bond motifs is 1. The summed E-state index contributed by atoms with van der Waals surface area (Å²) in [4.78, 5) is 16.7. The van der Waals surface area contributed by atoms with Gasteiger partial charge in [0.2, 0.25) is 5.91 Å². The molecule has 2 rings (SSSR count). The number of hydrogen-bond acceptors (Lipinski definition) is 6. The van der Waals surface area contributed by atoms with Crippen LogP contribution in [0.5, 0.6) is 0 Å². The van der Waals surface area contributed by atoms with Crippen LogP contribution in [0.4, 0.5) is 5.69 Å². The molecule has 1 unspecified atom stereocenters. The minimum atomic E-state index is -3.13. The Balaban J connectivity index is 2.11. The molecule has 0 radical (unpaired) electrons. The van der Waals surface area contributed by atoms with E-state index in [2.05, 4.69) is 31.1 Å². The van der Waals surface area contributed by atoms with Gasteiger partial charge in [0.25, 0.3) is 0 Å². The number of benzene rings is 1. The molecule has 0 saturated heterocycles. The van der Waals surface area contributed by atoms with E-state index in [0.717, 1.165) is 21.5 Å². The highest BCUT2D eigenvalue weighted by atomic mass is 32.2. The second-order valence-electron chi connectivity index (χ2n) is 6.97. The lowest BCUT2D eigenvalue weighted by molar-refractivity contribution is -0.117. The van der Waals surface area contributed by atoms with Crippen molar-refractivity contribution in [1.29, 1.82) is 0 Å². The van der Waals surface area contributed by atoms with Gasteiger partial charge in [0, 0.05) is 17.4 Å². The van der Waals surface area contributed by atoms with Gasteiger partial charge in [-0.05, 0) is 24.6 Å². The van der Waals surface area contributed by atoms with Crippen LogP contribution in [0.1, 0.15) is 32.2 Å². The van der Waals surface area contributed by atoms with Gasteiger partial charge < -0.3 is 11.1 Å². The first-order valence-corrected chi connectivity index (χ1v) is 10.5. The van der Waals surface area contributed by atoms with Gasteiger partial charge >= 0.3 is 0 Å². The molecule has 0 aliphatic carbocycles. The molecule has 3 N–H and O–H groups in total. The van der Waals surface area contributed by atoms with Crippen molar-refractivity contribution in [3.05, 3.63) is 23.2 Å². The van der Waals surface area contributed by atoms with Crippen molar-refractivity contribution in [3.8, 4) is 0 Å². The molecule has 132 valence electrons. The van der Waals surface area contributed by atoms with Crippen molar-refractivity contribution in [3.63, 3.8) is 0 Å². The van der Waals surface area contributed by atoms with E-state index < -0.39 is 21.8 Å². The number of amides is 1. The molecule has 1 amide bonds. The lowest BCUT2D eigenvalue weighted by atomic mass is 9.98. The third kappa shape index (κ3) is 4.99. The summed E-state index contributed by atoms with van der Waals surface area (Å²) in [5.74, 6) is -0.497. The fourth-order valence-corrected chi connectivity index (χ4v) is 3.77. The Morgan fingerprint density at radius 1 is 1.38 bits per heavy atom. The second-order valence-corrected chi connectivity index (χ2v) is 10.3. The van der Waals surface area contributed by atoms with Gasteiger partial charge in [0.05, 0.1) is 27.0 Å². The molecule has 1 aromatic heterocycles. The number of rotatable bonds is 5. The molecule has 24 heavy (non-hydrogen) atoms. The molecule has 1 aromatic carbocycles. The van der Waals surface area contributed by atoms with E-state index in [0.29, 0.717) is 5.69 Å². The standard InChI is InChI=1S/C16H23N3O3S2/c1-16(2,3)15-19-12-6-5-10(9-13(12)23-15)18-14(20)11(17)7-8-24(4,21)22/h5-6,9,11H,7-8,17H2,1-4H3,(H,18,20). The topological polar surface area (TPSA) is 102 Å². The normalized spacial score (nSPS) is 13.9. The van der Waals surface area contributed by atoms with Crippen LogP contribution in [0.25, 0.3) is 10.2 Å². The maximum Gasteiger partial charge on any atom is 0.241 e. The number of aromatic nitrogens is 1. The molecular weight excluding hydrogens is 346 g/mol. The summed E-state index contributed by atoms with van der Waals surface area (Å²) in [6.45, 7) is 6.32. The third-order valence-electron chi connectivity index (χ3n) is 3.43. The van der Waals surface area contributed by atoms with E-state index in [9.17, 15) is 13.2 Å². The van der Waals surface area contributed by atoms with Crippen molar-refractivity contribution >= 4 is 43.0 Å². The zero-order valence-corrected chi connectivity index (χ0v) is 15.9. The highest BCUT2D eigenvalue weighted by molar-refractivity contribution is 7.90. The zero-order chi connectivity index (χ0) is 18.1. The van der Waals surface area contributed by atoms with Crippen LogP contribution in [-0.2, 0) is 20.0 Å². The third-order valence-corrected chi connectivity index (χ3v) is 5.86. The molecule has 0 saturated carbocycles. The van der Waals surface area contributed by atoms with Crippen LogP contribution >= 0.6 is 11.3 Å². The number of hydrogen-bond donors (Lipinski definition) is 2. The van der Waals surface area contributed by atoms with E-state index >= 15 is 0 Å². The monoisotopic (exact) mass is 369 g/mol. The van der Waals surface area contributed by atoms with Gasteiger partial charge in [-0.2, -0.15) is 0 Å². The van der Waals surface area contributed by atoms with Gasteiger partial charge in [-0.15, -0.1) is 11.3 Å². The molecule has 0 aliphatic heterocycles. The molecule has 2 aromatic rings. The Morgan fingerprint density at radius 2 is 2.04 bits per heavy atom. The summed E-state index contributed by atoms with van der Waals surface area (Å²) in [5, 5.41) is 3.77. The molecule has 6 nitrogen and oxygen atoms in total. The summed E-state index contributed by atoms with van der Waals surface area (Å²) in [6, 6.07) is 4.64. The molecule has 0 aliphatic rings. The van der Waals surface area contributed by atoms with Gasteiger partial charge in [-0.1, -0.05) is 20.8 Å². The molecule has 0 bridgehead atoms. The number of anilines is 1. The number of carbonyl (C=O) groups excluding carboxylic acids is 1. The predicted molar refractivity (Wildman–Crippen MR) is 99.3 cm³/mol. The summed E-state index contributed by atoms with van der Waals surface area (Å²) >= 11 is 1.59. The quantitative estimate of drug-likeness (QED) is 0.842. The average Bonchev–Trinajstić information content (AvgIpc) is 2.87. The maximum atomic E-state index is 12.1. The largest absolute Gasteiger partial charge is 0.325 e. The van der Waals surface area contributed by atoms with Crippen molar-refractivity contribution in [2.75, 3.05) is 17.3 Å². The minimum Gasteiger partial charge on any atom is -0.325 e. The van der Waals surface area contributed by atoms with E-state index in [1.807, 2.05) is 12.1 Å². The Hall–Kier alpha value is -1.51. The highest BCUT2D eigenvalue weighted by Gasteiger charge is 2.20. The van der Waals surface area contributed by atoms with Crippen LogP contribution in [0.3, 0.4) is 0 Å². The minimum absolute atomic E-state index is 0.0267. The van der Waals surface area contributed by atoms with Crippen LogP contribution in [-0.4, -0.2) is 37.4 Å². The van der Waals surface area contributed by atoms with Gasteiger partial charge in [0.1, 0.15) is 9.84 Å². The maximum absolute atomic E-state index is 12.1. The van der Waals surface area contributed by atoms with Crippen molar-refractivity contribution < 1.29 is 13.2 Å². The van der Waals surface area contributed by atoms with E-state index in [1.165, 1.54) is 0 Å². The Labute approximate surface area is 146 Å². The Morgan fingerprint density at radius 3 is 2.62 bits per heavy atom. The molecule has 0 fully saturated rings. The van der Waals surface area contributed by atoms with Gasteiger partial charge in [0.15, 0.2) is 0 Å². The zero-order valence-electron chi connectivity index (χ0n) is 14.3. The lowest BCUT2D eigenvalue weighted by Crippen LogP contribution is -2.37. The van der Waals surface area contributed by atoms with Crippen LogP contribution in [0.2, 0.25) is 0 Å². The number of nitrogens with two attached hydrogens (primary N) is 1. The van der Waals surface area contributed by atoms with E-state index in [1.54, 1.807) is 17.4 Å². The highest BCUT2D eigenvalue weighted by Crippen LogP contribution is 2.32. The predicted octanol–water partition coefficient (Wildman–Crippen LogP) is 2.29. The number of nitrogens with one attached hydrogen (secondary N) is 1. The van der Waals surface area contributed by atoms with Crippen LogP contribution < -0.4 is 11.1 Å². The van der Waals surface area contributed by atoms with Crippen LogP contribution in [0, 0.1) is 0 Å². The second kappa shape index (κ2) is 6.78. The smallest absolute Gasteiger partial charge is 0.241 e. The molecule has 8 heteroatoms. The number of sulfone groups is 1. The summed E-state index contributed by atoms with van der Waals surface area (Å²) in [6.07, 6.45) is 1.23. The number of carbonyl (C=O) groups is 1. The average molecular weight is 370 g/mol. The van der Waals surface area contributed by atoms with Crippen molar-refractivity contribution in [2.24, 2.45) is 5.73 Å². The van der Waals surface area contributed by atoms with Gasteiger partial charge in [-0.25, -0.2) is 13.4 Å². The molecular formula is C16H23N3O3S2. The lowest BCUT2D eigenvalue weighted by Gasteiger charge is -2.13. The van der Waals surface area contributed by atoms with E-state index in [4.69, 9.17) is 5.73 Å². The first-order valence-electron chi connectivity index (χ1n) is 7.61. The molecule has 1 heterocycles. The Kier molecular flexibility index (Phi) is 5.31. The van der Waals surface area contributed by atoms with Gasteiger partial charge in [-0.3, -0.25) is 4.79 Å². The number of nitrogens with zero attached hydrogens (tertiary/aromatic N) is 1. The SMILES string of the molecule is CC(C)(C)c1nc2ccc(NC(=O)C(N)CCS(C)(=O)=O)cc2s1. The van der Waals surface area contributed by atoms with Crippen LogP contribution in [0.15, 0.2) is 18.2 Å². The summed E-state index contributed by atoms with van der Waals surface area (Å²) < 4.78 is 23.3.